The molecule has 0 spiro atoms. The van der Waals surface area contributed by atoms with Crippen LogP contribution in [0, 0.1) is 0 Å². The third-order valence-electron chi connectivity index (χ3n) is 0.951. The van der Waals surface area contributed by atoms with Gasteiger partial charge in [-0.05, 0) is 6.92 Å². The average Bonchev–Trinajstić information content (AvgIpc) is 1.80. The van der Waals surface area contributed by atoms with Crippen LogP contribution in [0.3, 0.4) is 0 Å². The van der Waals surface area contributed by atoms with E-state index < -0.39 is 12.3 Å². The van der Waals surface area contributed by atoms with E-state index in [0.29, 0.717) is 4.48 Å². The van der Waals surface area contributed by atoms with E-state index in [4.69, 9.17) is 0 Å². The van der Waals surface area contributed by atoms with Crippen LogP contribution in [0.1, 0.15) is 6.92 Å². The van der Waals surface area contributed by atoms with E-state index in [1.165, 1.54) is 0 Å². The molecule has 5 heteroatoms. The summed E-state index contributed by atoms with van der Waals surface area (Å²) in [6.45, 7) is 4.16. The van der Waals surface area contributed by atoms with Crippen molar-refractivity contribution >= 4 is 15.9 Å². The van der Waals surface area contributed by atoms with E-state index in [1.54, 1.807) is 0 Å². The Kier molecular flexibility index (Phi) is 4.10. The monoisotopic (exact) mass is 232 g/mol. The summed E-state index contributed by atoms with van der Waals surface area (Å²) in [4.78, 5) is 0. The van der Waals surface area contributed by atoms with Crippen molar-refractivity contribution in [3.8, 4) is 0 Å². The van der Waals surface area contributed by atoms with Gasteiger partial charge < -0.3 is 4.74 Å². The number of halogens is 4. The molecule has 0 aromatic carbocycles. The number of ether oxygens (including phenoxy) is 1. The molecule has 11 heavy (non-hydrogen) atoms. The van der Waals surface area contributed by atoms with Crippen LogP contribution in [-0.4, -0.2) is 18.9 Å². The van der Waals surface area contributed by atoms with Crippen molar-refractivity contribution in [3.63, 3.8) is 0 Å². The van der Waals surface area contributed by atoms with Crippen LogP contribution < -0.4 is 0 Å². The molecule has 0 bridgehead atoms. The molecular formula is C6H8BrF3O. The molecule has 0 amide bonds. The predicted molar refractivity (Wildman–Crippen MR) is 39.5 cm³/mol. The lowest BCUT2D eigenvalue weighted by Crippen LogP contribution is -2.28. The number of hydrogen-bond donors (Lipinski definition) is 0. The summed E-state index contributed by atoms with van der Waals surface area (Å²) >= 11 is 2.88. The summed E-state index contributed by atoms with van der Waals surface area (Å²) in [5, 5.41) is 0. The Labute approximate surface area is 71.4 Å². The summed E-state index contributed by atoms with van der Waals surface area (Å²) in [6.07, 6.45) is -6.03. The zero-order valence-electron chi connectivity index (χ0n) is 5.91. The van der Waals surface area contributed by atoms with E-state index in [9.17, 15) is 13.2 Å². The average molecular weight is 233 g/mol. The molecule has 0 radical (unpaired) electrons. The predicted octanol–water partition coefficient (Wildman–Crippen LogP) is 2.86. The molecule has 66 valence electrons. The lowest BCUT2D eigenvalue weighted by Gasteiger charge is -2.15. The SMILES string of the molecule is C=C(Br)COC(C)C(F)(F)F. The van der Waals surface area contributed by atoms with Gasteiger partial charge in [-0.15, -0.1) is 0 Å². The van der Waals surface area contributed by atoms with Crippen molar-refractivity contribution in [2.75, 3.05) is 6.61 Å². The lowest BCUT2D eigenvalue weighted by molar-refractivity contribution is -0.211. The van der Waals surface area contributed by atoms with Crippen molar-refractivity contribution in [1.29, 1.82) is 0 Å². The molecule has 1 nitrogen and oxygen atoms in total. The molecule has 0 aromatic heterocycles. The standard InChI is InChI=1S/C6H8BrF3O/c1-4(7)3-11-5(2)6(8,9)10/h5H,1,3H2,2H3. The Morgan fingerprint density at radius 1 is 1.64 bits per heavy atom. The molecule has 0 rings (SSSR count). The molecule has 0 aliphatic rings. The van der Waals surface area contributed by atoms with Crippen molar-refractivity contribution in [3.05, 3.63) is 11.1 Å². The van der Waals surface area contributed by atoms with Crippen molar-refractivity contribution in [1.82, 2.24) is 0 Å². The maximum absolute atomic E-state index is 11.7. The highest BCUT2D eigenvalue weighted by Crippen LogP contribution is 2.22. The number of rotatable bonds is 3. The smallest absolute Gasteiger partial charge is 0.364 e. The van der Waals surface area contributed by atoms with Gasteiger partial charge in [0.25, 0.3) is 0 Å². The first-order valence-corrected chi connectivity index (χ1v) is 3.65. The van der Waals surface area contributed by atoms with E-state index >= 15 is 0 Å². The topological polar surface area (TPSA) is 9.23 Å². The second kappa shape index (κ2) is 4.11. The fourth-order valence-electron chi connectivity index (χ4n) is 0.310. The Hall–Kier alpha value is -0.0300. The van der Waals surface area contributed by atoms with Crippen molar-refractivity contribution < 1.29 is 17.9 Å². The van der Waals surface area contributed by atoms with Crippen LogP contribution in [0.4, 0.5) is 13.2 Å². The minimum Gasteiger partial charge on any atom is -0.364 e. The van der Waals surface area contributed by atoms with Crippen LogP contribution in [0.5, 0.6) is 0 Å². The van der Waals surface area contributed by atoms with Gasteiger partial charge in [0.1, 0.15) is 0 Å². The van der Waals surface area contributed by atoms with Crippen molar-refractivity contribution in [2.24, 2.45) is 0 Å². The summed E-state index contributed by atoms with van der Waals surface area (Å²) < 4.78 is 40.0. The first-order chi connectivity index (χ1) is 4.84. The fourth-order valence-corrected chi connectivity index (χ4v) is 0.442. The quantitative estimate of drug-likeness (QED) is 0.728. The van der Waals surface area contributed by atoms with Gasteiger partial charge in [0.2, 0.25) is 0 Å². The molecule has 0 N–H and O–H groups in total. The second-order valence-corrected chi connectivity index (χ2v) is 3.13. The Morgan fingerprint density at radius 2 is 2.09 bits per heavy atom. The zero-order chi connectivity index (χ0) is 9.07. The minimum absolute atomic E-state index is 0.124. The van der Waals surface area contributed by atoms with Gasteiger partial charge in [-0.1, -0.05) is 22.5 Å². The van der Waals surface area contributed by atoms with Crippen LogP contribution in [-0.2, 0) is 4.74 Å². The number of hydrogen-bond acceptors (Lipinski definition) is 1. The van der Waals surface area contributed by atoms with Gasteiger partial charge in [0.05, 0.1) is 6.61 Å². The lowest BCUT2D eigenvalue weighted by atomic mass is 10.4. The second-order valence-electron chi connectivity index (χ2n) is 2.01. The van der Waals surface area contributed by atoms with Gasteiger partial charge in [-0.2, -0.15) is 13.2 Å². The van der Waals surface area contributed by atoms with Crippen LogP contribution >= 0.6 is 15.9 Å². The highest BCUT2D eigenvalue weighted by molar-refractivity contribution is 9.11. The minimum atomic E-state index is -4.29. The van der Waals surface area contributed by atoms with Crippen LogP contribution in [0.15, 0.2) is 11.1 Å². The maximum atomic E-state index is 11.7. The fraction of sp³-hybridized carbons (Fsp3) is 0.667. The molecule has 1 unspecified atom stereocenters. The van der Waals surface area contributed by atoms with E-state index in [0.717, 1.165) is 6.92 Å². The molecular weight excluding hydrogens is 225 g/mol. The van der Waals surface area contributed by atoms with Crippen LogP contribution in [0.25, 0.3) is 0 Å². The zero-order valence-corrected chi connectivity index (χ0v) is 7.50. The molecule has 0 fully saturated rings. The molecule has 0 saturated carbocycles. The van der Waals surface area contributed by atoms with Gasteiger partial charge in [-0.3, -0.25) is 0 Å². The molecule has 0 saturated heterocycles. The molecule has 0 heterocycles. The van der Waals surface area contributed by atoms with Gasteiger partial charge in [0.15, 0.2) is 6.10 Å². The Balaban J connectivity index is 3.70. The first-order valence-electron chi connectivity index (χ1n) is 2.85. The summed E-state index contributed by atoms with van der Waals surface area (Å²) in [5.41, 5.74) is 0. The largest absolute Gasteiger partial charge is 0.414 e. The normalized spacial score (nSPS) is 14.6. The van der Waals surface area contributed by atoms with Gasteiger partial charge >= 0.3 is 6.18 Å². The highest BCUT2D eigenvalue weighted by Gasteiger charge is 2.36. The van der Waals surface area contributed by atoms with E-state index in [2.05, 4.69) is 27.2 Å². The third kappa shape index (κ3) is 5.26. The van der Waals surface area contributed by atoms with E-state index in [-0.39, 0.29) is 6.61 Å². The Morgan fingerprint density at radius 3 is 2.36 bits per heavy atom. The maximum Gasteiger partial charge on any atom is 0.414 e. The van der Waals surface area contributed by atoms with Gasteiger partial charge in [0, 0.05) is 4.48 Å². The molecule has 0 aliphatic carbocycles. The summed E-state index contributed by atoms with van der Waals surface area (Å²) in [5.74, 6) is 0. The van der Waals surface area contributed by atoms with Gasteiger partial charge in [-0.25, -0.2) is 0 Å². The summed E-state index contributed by atoms with van der Waals surface area (Å²) in [7, 11) is 0. The summed E-state index contributed by atoms with van der Waals surface area (Å²) in [6, 6.07) is 0. The highest BCUT2D eigenvalue weighted by atomic mass is 79.9. The molecule has 0 aliphatic heterocycles. The van der Waals surface area contributed by atoms with E-state index in [1.807, 2.05) is 0 Å². The molecule has 0 aromatic rings. The van der Waals surface area contributed by atoms with Crippen molar-refractivity contribution in [2.45, 2.75) is 19.2 Å². The Bertz CT molecular complexity index is 143. The first kappa shape index (κ1) is 11.0. The molecule has 1 atom stereocenters. The third-order valence-corrected chi connectivity index (χ3v) is 1.18. The van der Waals surface area contributed by atoms with Crippen LogP contribution in [0.2, 0.25) is 0 Å². The number of alkyl halides is 3.